The molecule has 2 heterocycles. The van der Waals surface area contributed by atoms with Crippen LogP contribution >= 0.6 is 23.1 Å². The van der Waals surface area contributed by atoms with Gasteiger partial charge in [0.1, 0.15) is 5.01 Å². The standard InChI is InChI=1S/C12H19N3S2/c1-3-9-5-7-17-12(14-9)15-10(4-2)11-13-6-8-16-11/h6,8-10H,3-5,7H2,1-2H3,(H,14,15). The lowest BCUT2D eigenvalue weighted by molar-refractivity contribution is 0.599. The van der Waals surface area contributed by atoms with Crippen LogP contribution in [0.5, 0.6) is 0 Å². The van der Waals surface area contributed by atoms with Gasteiger partial charge in [-0.25, -0.2) is 4.98 Å². The number of aliphatic imine (C=N–C) groups is 1. The minimum atomic E-state index is 0.317. The number of thioether (sulfide) groups is 1. The van der Waals surface area contributed by atoms with E-state index < -0.39 is 0 Å². The number of nitrogens with one attached hydrogen (secondary N) is 1. The van der Waals surface area contributed by atoms with Crippen LogP contribution in [0.1, 0.15) is 44.2 Å². The lowest BCUT2D eigenvalue weighted by atomic mass is 10.2. The van der Waals surface area contributed by atoms with Crippen molar-refractivity contribution in [3.8, 4) is 0 Å². The van der Waals surface area contributed by atoms with E-state index in [9.17, 15) is 0 Å². The third-order valence-corrected chi connectivity index (χ3v) is 4.74. The number of nitrogens with zero attached hydrogens (tertiary/aromatic N) is 2. The van der Waals surface area contributed by atoms with Crippen molar-refractivity contribution in [2.24, 2.45) is 4.99 Å². The van der Waals surface area contributed by atoms with Crippen LogP contribution in [0, 0.1) is 0 Å². The van der Waals surface area contributed by atoms with Crippen LogP contribution in [0.15, 0.2) is 16.6 Å². The molecule has 0 aromatic carbocycles. The fourth-order valence-corrected chi connectivity index (χ4v) is 3.63. The number of amidine groups is 1. The van der Waals surface area contributed by atoms with Gasteiger partial charge in [-0.3, -0.25) is 4.99 Å². The maximum Gasteiger partial charge on any atom is 0.157 e. The second-order valence-corrected chi connectivity index (χ2v) is 6.12. The van der Waals surface area contributed by atoms with Gasteiger partial charge in [0, 0.05) is 17.3 Å². The molecule has 2 atom stereocenters. The van der Waals surface area contributed by atoms with Gasteiger partial charge in [0.25, 0.3) is 0 Å². The third kappa shape index (κ3) is 3.45. The monoisotopic (exact) mass is 269 g/mol. The third-order valence-electron chi connectivity index (χ3n) is 2.92. The van der Waals surface area contributed by atoms with Gasteiger partial charge in [-0.1, -0.05) is 25.6 Å². The van der Waals surface area contributed by atoms with Crippen molar-refractivity contribution in [1.29, 1.82) is 0 Å². The Labute approximate surface area is 111 Å². The molecule has 0 fully saturated rings. The van der Waals surface area contributed by atoms with Gasteiger partial charge < -0.3 is 5.32 Å². The maximum atomic E-state index is 4.74. The van der Waals surface area contributed by atoms with Gasteiger partial charge in [-0.15, -0.1) is 11.3 Å². The Kier molecular flexibility index (Phi) is 4.86. The summed E-state index contributed by atoms with van der Waals surface area (Å²) >= 11 is 3.55. The molecule has 17 heavy (non-hydrogen) atoms. The summed E-state index contributed by atoms with van der Waals surface area (Å²) in [4.78, 5) is 9.13. The van der Waals surface area contributed by atoms with Crippen molar-refractivity contribution < 1.29 is 0 Å². The summed E-state index contributed by atoms with van der Waals surface area (Å²) in [6.07, 6.45) is 5.26. The lowest BCUT2D eigenvalue weighted by Gasteiger charge is -2.23. The average Bonchev–Trinajstić information content (AvgIpc) is 2.90. The molecule has 1 aliphatic heterocycles. The molecule has 1 aromatic heterocycles. The predicted molar refractivity (Wildman–Crippen MR) is 76.9 cm³/mol. The average molecular weight is 269 g/mol. The Bertz CT molecular complexity index is 362. The van der Waals surface area contributed by atoms with Gasteiger partial charge in [-0.2, -0.15) is 0 Å². The Balaban J connectivity index is 2.01. The first kappa shape index (κ1) is 12.9. The van der Waals surface area contributed by atoms with Gasteiger partial charge in [0.05, 0.1) is 12.1 Å². The molecular weight excluding hydrogens is 250 g/mol. The van der Waals surface area contributed by atoms with Gasteiger partial charge >= 0.3 is 0 Å². The van der Waals surface area contributed by atoms with Crippen LogP contribution in [0.3, 0.4) is 0 Å². The first-order valence-electron chi connectivity index (χ1n) is 6.20. The summed E-state index contributed by atoms with van der Waals surface area (Å²) < 4.78 is 0. The summed E-state index contributed by atoms with van der Waals surface area (Å²) in [6.45, 7) is 4.39. The molecule has 3 nitrogen and oxygen atoms in total. The molecule has 5 heteroatoms. The molecule has 0 amide bonds. The molecule has 0 radical (unpaired) electrons. The fourth-order valence-electron chi connectivity index (χ4n) is 1.83. The highest BCUT2D eigenvalue weighted by atomic mass is 32.2. The highest BCUT2D eigenvalue weighted by Gasteiger charge is 2.18. The number of rotatable bonds is 4. The second-order valence-electron chi connectivity index (χ2n) is 4.11. The first-order chi connectivity index (χ1) is 8.33. The van der Waals surface area contributed by atoms with E-state index in [-0.39, 0.29) is 0 Å². The van der Waals surface area contributed by atoms with E-state index in [1.54, 1.807) is 11.3 Å². The van der Waals surface area contributed by atoms with E-state index in [1.807, 2.05) is 23.3 Å². The van der Waals surface area contributed by atoms with E-state index in [0.29, 0.717) is 12.1 Å². The fraction of sp³-hybridized carbons (Fsp3) is 0.667. The quantitative estimate of drug-likeness (QED) is 0.909. The summed E-state index contributed by atoms with van der Waals surface area (Å²) in [5.41, 5.74) is 0. The summed E-state index contributed by atoms with van der Waals surface area (Å²) in [6, 6.07) is 0.824. The normalized spacial score (nSPS) is 22.0. The number of thiazole rings is 1. The van der Waals surface area contributed by atoms with E-state index >= 15 is 0 Å². The molecular formula is C12H19N3S2. The van der Waals surface area contributed by atoms with Crippen molar-refractivity contribution in [1.82, 2.24) is 10.3 Å². The van der Waals surface area contributed by atoms with Crippen molar-refractivity contribution in [2.75, 3.05) is 5.75 Å². The molecule has 1 aliphatic rings. The highest BCUT2D eigenvalue weighted by Crippen LogP contribution is 2.23. The van der Waals surface area contributed by atoms with Crippen LogP contribution < -0.4 is 5.32 Å². The molecule has 0 saturated heterocycles. The Morgan fingerprint density at radius 1 is 1.53 bits per heavy atom. The number of aromatic nitrogens is 1. The molecule has 0 spiro atoms. The zero-order chi connectivity index (χ0) is 12.1. The second kappa shape index (κ2) is 6.40. The molecule has 1 aromatic rings. The largest absolute Gasteiger partial charge is 0.356 e. The zero-order valence-electron chi connectivity index (χ0n) is 10.3. The minimum absolute atomic E-state index is 0.317. The molecule has 0 bridgehead atoms. The predicted octanol–water partition coefficient (Wildman–Crippen LogP) is 3.46. The van der Waals surface area contributed by atoms with Crippen molar-refractivity contribution in [3.63, 3.8) is 0 Å². The van der Waals surface area contributed by atoms with Crippen LogP contribution in [-0.4, -0.2) is 21.9 Å². The van der Waals surface area contributed by atoms with Crippen LogP contribution in [0.25, 0.3) is 0 Å². The molecule has 0 saturated carbocycles. The minimum Gasteiger partial charge on any atom is -0.356 e. The molecule has 1 N–H and O–H groups in total. The van der Waals surface area contributed by atoms with Crippen molar-refractivity contribution >= 4 is 28.3 Å². The van der Waals surface area contributed by atoms with Crippen LogP contribution in [-0.2, 0) is 0 Å². The molecule has 0 aliphatic carbocycles. The maximum absolute atomic E-state index is 4.74. The Morgan fingerprint density at radius 3 is 3.06 bits per heavy atom. The van der Waals surface area contributed by atoms with E-state index in [2.05, 4.69) is 24.1 Å². The molecule has 2 unspecified atom stereocenters. The Hall–Kier alpha value is -0.550. The van der Waals surface area contributed by atoms with Crippen LogP contribution in [0.4, 0.5) is 0 Å². The van der Waals surface area contributed by atoms with Crippen molar-refractivity contribution in [2.45, 2.75) is 45.2 Å². The molecule has 2 rings (SSSR count). The topological polar surface area (TPSA) is 37.3 Å². The van der Waals surface area contributed by atoms with E-state index in [1.165, 1.54) is 12.2 Å². The van der Waals surface area contributed by atoms with E-state index in [0.717, 1.165) is 23.0 Å². The molecule has 94 valence electrons. The SMILES string of the molecule is CCC1CCSC(NC(CC)c2nccs2)=N1. The number of hydrogen-bond acceptors (Lipinski definition) is 5. The smallest absolute Gasteiger partial charge is 0.157 e. The Morgan fingerprint density at radius 2 is 2.41 bits per heavy atom. The van der Waals surface area contributed by atoms with Gasteiger partial charge in [0.15, 0.2) is 5.17 Å². The van der Waals surface area contributed by atoms with E-state index in [4.69, 9.17) is 4.99 Å². The number of hydrogen-bond donors (Lipinski definition) is 1. The zero-order valence-corrected chi connectivity index (χ0v) is 12.0. The summed E-state index contributed by atoms with van der Waals surface area (Å²) in [7, 11) is 0. The lowest BCUT2D eigenvalue weighted by Crippen LogP contribution is -2.30. The van der Waals surface area contributed by atoms with Crippen LogP contribution in [0.2, 0.25) is 0 Å². The highest BCUT2D eigenvalue weighted by molar-refractivity contribution is 8.13. The van der Waals surface area contributed by atoms with Gasteiger partial charge in [-0.05, 0) is 19.3 Å². The van der Waals surface area contributed by atoms with Gasteiger partial charge in [0.2, 0.25) is 0 Å². The summed E-state index contributed by atoms with van der Waals surface area (Å²) in [5.74, 6) is 1.18. The first-order valence-corrected chi connectivity index (χ1v) is 8.06. The summed E-state index contributed by atoms with van der Waals surface area (Å²) in [5, 5.41) is 7.83. The van der Waals surface area contributed by atoms with Crippen molar-refractivity contribution in [3.05, 3.63) is 16.6 Å².